The predicted molar refractivity (Wildman–Crippen MR) is 90.3 cm³/mol. The minimum atomic E-state index is -2.43. The molecular formula is C15H25BNO3P. The lowest BCUT2D eigenvalue weighted by Gasteiger charge is -2.35. The molecule has 1 aromatic rings. The number of hydrogen-bond donors (Lipinski definition) is 1. The zero-order valence-corrected chi connectivity index (χ0v) is 14.7. The third-order valence-corrected chi connectivity index (χ3v) is 6.17. The summed E-state index contributed by atoms with van der Waals surface area (Å²) >= 11 is 0. The van der Waals surface area contributed by atoms with E-state index in [4.69, 9.17) is 15.0 Å². The molecule has 1 aliphatic rings. The van der Waals surface area contributed by atoms with Crippen LogP contribution in [-0.2, 0) is 13.9 Å². The van der Waals surface area contributed by atoms with Gasteiger partial charge in [-0.15, -0.1) is 0 Å². The van der Waals surface area contributed by atoms with Crippen molar-refractivity contribution in [2.24, 2.45) is 0 Å². The van der Waals surface area contributed by atoms with Crippen LogP contribution in [0.5, 0.6) is 0 Å². The van der Waals surface area contributed by atoms with Crippen molar-refractivity contribution in [3.8, 4) is 0 Å². The molecule has 0 spiro atoms. The molecule has 6 heteroatoms. The number of anilines is 1. The van der Waals surface area contributed by atoms with Crippen LogP contribution in [0.3, 0.4) is 0 Å². The molecule has 0 saturated carbocycles. The molecule has 116 valence electrons. The molecule has 0 amide bonds. The third-order valence-electron chi connectivity index (χ3n) is 4.62. The van der Waals surface area contributed by atoms with Crippen LogP contribution in [0.2, 0.25) is 0 Å². The molecule has 1 fully saturated rings. The minimum absolute atomic E-state index is 0.346. The van der Waals surface area contributed by atoms with Crippen LogP contribution in [0.15, 0.2) is 18.2 Å². The fourth-order valence-electron chi connectivity index (χ4n) is 2.61. The Balaban J connectivity index is 2.40. The lowest BCUT2D eigenvalue weighted by Crippen LogP contribution is -2.44. The van der Waals surface area contributed by atoms with Gasteiger partial charge in [-0.05, 0) is 58.1 Å². The van der Waals surface area contributed by atoms with E-state index < -0.39 is 14.3 Å². The van der Waals surface area contributed by atoms with Gasteiger partial charge in [0.15, 0.2) is 0 Å². The van der Waals surface area contributed by atoms with Crippen molar-refractivity contribution in [2.45, 2.75) is 45.3 Å². The van der Waals surface area contributed by atoms with E-state index in [2.05, 4.69) is 13.8 Å². The first-order valence-electron chi connectivity index (χ1n) is 7.31. The Hall–Kier alpha value is -0.765. The zero-order chi connectivity index (χ0) is 16.1. The summed E-state index contributed by atoms with van der Waals surface area (Å²) < 4.78 is 24.6. The van der Waals surface area contributed by atoms with Crippen molar-refractivity contribution < 1.29 is 13.9 Å². The van der Waals surface area contributed by atoms with Gasteiger partial charge in [-0.25, -0.2) is 0 Å². The van der Waals surface area contributed by atoms with Gasteiger partial charge in [0.05, 0.1) is 11.2 Å². The maximum absolute atomic E-state index is 12.4. The van der Waals surface area contributed by atoms with E-state index in [-0.39, 0.29) is 11.2 Å². The van der Waals surface area contributed by atoms with Gasteiger partial charge in [0.25, 0.3) is 0 Å². The van der Waals surface area contributed by atoms with E-state index in [1.54, 1.807) is 19.4 Å². The van der Waals surface area contributed by atoms with Gasteiger partial charge in [0.2, 0.25) is 0 Å². The summed E-state index contributed by atoms with van der Waals surface area (Å²) in [7, 11) is -2.88. The van der Waals surface area contributed by atoms with Crippen LogP contribution < -0.4 is 16.5 Å². The molecule has 2 rings (SSSR count). The fourth-order valence-corrected chi connectivity index (χ4v) is 3.77. The Kier molecular flexibility index (Phi) is 4.07. The van der Waals surface area contributed by atoms with Crippen molar-refractivity contribution in [2.75, 3.05) is 19.1 Å². The second kappa shape index (κ2) is 5.15. The van der Waals surface area contributed by atoms with E-state index in [1.807, 2.05) is 26.0 Å². The number of nitrogen functional groups attached to an aromatic ring is 1. The second-order valence-electron chi connectivity index (χ2n) is 6.83. The molecule has 1 saturated heterocycles. The number of nitrogens with two attached hydrogens (primary N) is 1. The number of benzene rings is 1. The Bertz CT molecular complexity index is 599. The first kappa shape index (κ1) is 16.6. The average Bonchev–Trinajstić information content (AvgIpc) is 2.60. The van der Waals surface area contributed by atoms with E-state index in [0.717, 1.165) is 11.9 Å². The van der Waals surface area contributed by atoms with E-state index in [9.17, 15) is 4.57 Å². The van der Waals surface area contributed by atoms with Crippen LogP contribution >= 0.6 is 7.14 Å². The van der Waals surface area contributed by atoms with Gasteiger partial charge in [-0.2, -0.15) is 0 Å². The molecule has 1 aromatic carbocycles. The summed E-state index contributed by atoms with van der Waals surface area (Å²) in [6.07, 6.45) is 0.860. The highest BCUT2D eigenvalue weighted by atomic mass is 31.2. The third kappa shape index (κ3) is 2.92. The molecule has 0 aromatic heterocycles. The summed E-state index contributed by atoms with van der Waals surface area (Å²) in [6, 6.07) is 5.53. The highest BCUT2D eigenvalue weighted by Gasteiger charge is 2.53. The molecule has 0 bridgehead atoms. The van der Waals surface area contributed by atoms with Crippen molar-refractivity contribution in [3.05, 3.63) is 18.2 Å². The molecule has 0 radical (unpaired) electrons. The average molecular weight is 309 g/mol. The first-order chi connectivity index (χ1) is 9.50. The highest BCUT2D eigenvalue weighted by Crippen LogP contribution is 2.40. The molecule has 4 nitrogen and oxygen atoms in total. The summed E-state index contributed by atoms with van der Waals surface area (Å²) in [5.41, 5.74) is 6.66. The van der Waals surface area contributed by atoms with Crippen LogP contribution in [0, 0.1) is 0 Å². The molecule has 2 N–H and O–H groups in total. The second-order valence-corrected chi connectivity index (χ2v) is 10.0. The van der Waals surface area contributed by atoms with Crippen molar-refractivity contribution >= 4 is 30.7 Å². The lowest BCUT2D eigenvalue weighted by atomic mass is 9.79. The number of hydrogen-bond acceptors (Lipinski definition) is 4. The van der Waals surface area contributed by atoms with Gasteiger partial charge in [0, 0.05) is 11.0 Å². The van der Waals surface area contributed by atoms with E-state index in [1.165, 1.54) is 0 Å². The van der Waals surface area contributed by atoms with E-state index in [0.29, 0.717) is 11.0 Å². The van der Waals surface area contributed by atoms with Gasteiger partial charge in [-0.1, -0.05) is 13.0 Å². The summed E-state index contributed by atoms with van der Waals surface area (Å²) in [5, 5.41) is 0.690. The topological polar surface area (TPSA) is 61.5 Å². The minimum Gasteiger partial charge on any atom is -0.399 e. The quantitative estimate of drug-likeness (QED) is 0.528. The molecule has 1 aliphatic heterocycles. The molecule has 0 aliphatic carbocycles. The molecule has 1 heterocycles. The summed E-state index contributed by atoms with van der Waals surface area (Å²) in [4.78, 5) is 0. The maximum atomic E-state index is 12.4. The van der Waals surface area contributed by atoms with Crippen LogP contribution in [0.4, 0.5) is 5.69 Å². The molecule has 1 atom stereocenters. The fraction of sp³-hybridized carbons (Fsp3) is 0.600. The first-order valence-corrected chi connectivity index (χ1v) is 9.91. The van der Waals surface area contributed by atoms with Gasteiger partial charge >= 0.3 is 7.12 Å². The Morgan fingerprint density at radius 1 is 1.24 bits per heavy atom. The molecular weight excluding hydrogens is 284 g/mol. The van der Waals surface area contributed by atoms with Crippen LogP contribution in [0.25, 0.3) is 0 Å². The summed E-state index contributed by atoms with van der Waals surface area (Å²) in [6.45, 7) is 11.7. The van der Waals surface area contributed by atoms with Crippen molar-refractivity contribution in [1.82, 2.24) is 0 Å². The number of rotatable bonds is 3. The zero-order valence-electron chi connectivity index (χ0n) is 13.8. The Morgan fingerprint density at radius 3 is 2.33 bits per heavy atom. The molecule has 1 unspecified atom stereocenters. The van der Waals surface area contributed by atoms with Gasteiger partial charge < -0.3 is 19.6 Å². The SMILES string of the molecule is CCC1(C)OB(c2ccc(N)c(P(C)(C)=O)c2)OC1(C)C. The maximum Gasteiger partial charge on any atom is 0.494 e. The Morgan fingerprint density at radius 2 is 1.86 bits per heavy atom. The normalized spacial score (nSPS) is 25.3. The standard InChI is InChI=1S/C15H25BNO3P/c1-7-15(4)14(2,3)19-16(20-15)11-8-9-12(17)13(10-11)21(5,6)18/h8-10H,7,17H2,1-6H3. The largest absolute Gasteiger partial charge is 0.494 e. The molecule has 21 heavy (non-hydrogen) atoms. The summed E-state index contributed by atoms with van der Waals surface area (Å²) in [5.74, 6) is 0. The Labute approximate surface area is 127 Å². The van der Waals surface area contributed by atoms with Gasteiger partial charge in [-0.3, -0.25) is 0 Å². The monoisotopic (exact) mass is 309 g/mol. The highest BCUT2D eigenvalue weighted by molar-refractivity contribution is 7.70. The lowest BCUT2D eigenvalue weighted by molar-refractivity contribution is -0.0118. The van der Waals surface area contributed by atoms with Crippen molar-refractivity contribution in [1.29, 1.82) is 0 Å². The van der Waals surface area contributed by atoms with Gasteiger partial charge in [0.1, 0.15) is 7.14 Å². The van der Waals surface area contributed by atoms with Crippen LogP contribution in [0.1, 0.15) is 34.1 Å². The van der Waals surface area contributed by atoms with E-state index >= 15 is 0 Å². The van der Waals surface area contributed by atoms with Crippen LogP contribution in [-0.4, -0.2) is 31.7 Å². The predicted octanol–water partition coefficient (Wildman–Crippen LogP) is 2.21. The van der Waals surface area contributed by atoms with Crippen molar-refractivity contribution in [3.63, 3.8) is 0 Å². The smallest absolute Gasteiger partial charge is 0.399 e.